The molecule has 0 atom stereocenters. The number of carboxylic acids is 1. The molecule has 0 fully saturated rings. The second kappa shape index (κ2) is 5.38. The van der Waals surface area contributed by atoms with Crippen molar-refractivity contribution in [3.05, 3.63) is 35.9 Å². The Morgan fingerprint density at radius 3 is 2.35 bits per heavy atom. The standard InChI is InChI=1S/C11H10F2O4/c12-11(13,6-9(14)15)10(16)17-7-8-4-2-1-3-5-8/h1-5H,6-7H2,(H,14,15). The molecule has 0 aliphatic rings. The molecule has 1 rings (SSSR count). The average molecular weight is 244 g/mol. The van der Waals surface area contributed by atoms with Gasteiger partial charge in [-0.15, -0.1) is 0 Å². The fraction of sp³-hybridized carbons (Fsp3) is 0.273. The van der Waals surface area contributed by atoms with Crippen molar-refractivity contribution < 1.29 is 28.2 Å². The summed E-state index contributed by atoms with van der Waals surface area (Å²) in [6.07, 6.45) is -1.57. The fourth-order valence-electron chi connectivity index (χ4n) is 1.09. The van der Waals surface area contributed by atoms with Crippen LogP contribution < -0.4 is 0 Å². The summed E-state index contributed by atoms with van der Waals surface area (Å²) in [7, 11) is 0. The Morgan fingerprint density at radius 1 is 1.24 bits per heavy atom. The lowest BCUT2D eigenvalue weighted by atomic mass is 10.2. The van der Waals surface area contributed by atoms with E-state index in [4.69, 9.17) is 5.11 Å². The van der Waals surface area contributed by atoms with Crippen LogP contribution in [0.25, 0.3) is 0 Å². The van der Waals surface area contributed by atoms with E-state index >= 15 is 0 Å². The number of ether oxygens (including phenoxy) is 1. The number of rotatable bonds is 5. The van der Waals surface area contributed by atoms with Gasteiger partial charge in [0.15, 0.2) is 0 Å². The molecule has 0 spiro atoms. The Bertz CT molecular complexity index is 403. The van der Waals surface area contributed by atoms with Gasteiger partial charge in [-0.3, -0.25) is 4.79 Å². The maximum Gasteiger partial charge on any atom is 0.377 e. The van der Waals surface area contributed by atoms with Crippen LogP contribution in [0.2, 0.25) is 0 Å². The average Bonchev–Trinajstić information content (AvgIpc) is 2.25. The maximum atomic E-state index is 12.9. The van der Waals surface area contributed by atoms with Gasteiger partial charge >= 0.3 is 17.9 Å². The topological polar surface area (TPSA) is 63.6 Å². The Hall–Kier alpha value is -1.98. The van der Waals surface area contributed by atoms with E-state index in [1.54, 1.807) is 30.3 Å². The van der Waals surface area contributed by atoms with Crippen molar-refractivity contribution >= 4 is 11.9 Å². The van der Waals surface area contributed by atoms with Crippen LogP contribution in [-0.4, -0.2) is 23.0 Å². The van der Waals surface area contributed by atoms with Gasteiger partial charge < -0.3 is 9.84 Å². The van der Waals surface area contributed by atoms with Crippen molar-refractivity contribution in [2.75, 3.05) is 0 Å². The van der Waals surface area contributed by atoms with E-state index in [0.29, 0.717) is 5.56 Å². The van der Waals surface area contributed by atoms with Crippen molar-refractivity contribution in [1.82, 2.24) is 0 Å². The SMILES string of the molecule is O=C(O)CC(F)(F)C(=O)OCc1ccccc1. The molecule has 1 aromatic carbocycles. The Labute approximate surface area is 95.8 Å². The van der Waals surface area contributed by atoms with Crippen molar-refractivity contribution in [2.45, 2.75) is 19.0 Å². The van der Waals surface area contributed by atoms with Crippen LogP contribution in [-0.2, 0) is 20.9 Å². The molecular weight excluding hydrogens is 234 g/mol. The van der Waals surface area contributed by atoms with Crippen molar-refractivity contribution in [3.8, 4) is 0 Å². The highest BCUT2D eigenvalue weighted by atomic mass is 19.3. The van der Waals surface area contributed by atoms with Crippen LogP contribution in [0, 0.1) is 0 Å². The van der Waals surface area contributed by atoms with Crippen molar-refractivity contribution in [2.24, 2.45) is 0 Å². The monoisotopic (exact) mass is 244 g/mol. The number of halogens is 2. The van der Waals surface area contributed by atoms with Gasteiger partial charge in [0, 0.05) is 0 Å². The predicted octanol–water partition coefficient (Wildman–Crippen LogP) is 1.84. The first-order valence-electron chi connectivity index (χ1n) is 4.72. The van der Waals surface area contributed by atoms with Gasteiger partial charge in [0.05, 0.1) is 0 Å². The number of aliphatic carboxylic acids is 1. The molecule has 1 N–H and O–H groups in total. The second-order valence-corrected chi connectivity index (χ2v) is 3.34. The number of alkyl halides is 2. The number of carbonyl (C=O) groups excluding carboxylic acids is 1. The van der Waals surface area contributed by atoms with E-state index in [9.17, 15) is 18.4 Å². The molecule has 0 aromatic heterocycles. The summed E-state index contributed by atoms with van der Waals surface area (Å²) in [5.74, 6) is -7.59. The molecule has 4 nitrogen and oxygen atoms in total. The zero-order valence-corrected chi connectivity index (χ0v) is 8.73. The highest BCUT2D eigenvalue weighted by molar-refractivity contribution is 5.83. The minimum atomic E-state index is -4.00. The van der Waals surface area contributed by atoms with Crippen LogP contribution in [0.4, 0.5) is 8.78 Å². The van der Waals surface area contributed by atoms with Gasteiger partial charge in [-0.25, -0.2) is 4.79 Å². The summed E-state index contributed by atoms with van der Waals surface area (Å²) < 4.78 is 30.2. The number of carboxylic acid groups (broad SMARTS) is 1. The summed E-state index contributed by atoms with van der Waals surface area (Å²) in [6, 6.07) is 8.26. The van der Waals surface area contributed by atoms with E-state index in [2.05, 4.69) is 4.74 Å². The quantitative estimate of drug-likeness (QED) is 0.803. The van der Waals surface area contributed by atoms with Crippen LogP contribution in [0.5, 0.6) is 0 Å². The van der Waals surface area contributed by atoms with E-state index in [-0.39, 0.29) is 6.61 Å². The molecule has 17 heavy (non-hydrogen) atoms. The molecule has 0 aliphatic carbocycles. The van der Waals surface area contributed by atoms with E-state index < -0.39 is 24.3 Å². The number of esters is 1. The summed E-state index contributed by atoms with van der Waals surface area (Å²) in [6.45, 7) is -0.311. The number of hydrogen-bond donors (Lipinski definition) is 1. The zero-order chi connectivity index (χ0) is 12.9. The van der Waals surface area contributed by atoms with Gasteiger partial charge in [0.25, 0.3) is 0 Å². The Kier molecular flexibility index (Phi) is 4.14. The molecular formula is C11H10F2O4. The van der Waals surface area contributed by atoms with E-state index in [0.717, 1.165) is 0 Å². The summed E-state index contributed by atoms with van der Waals surface area (Å²) in [5, 5.41) is 8.20. The summed E-state index contributed by atoms with van der Waals surface area (Å²) in [5.41, 5.74) is 0.548. The van der Waals surface area contributed by atoms with Crippen LogP contribution in [0.3, 0.4) is 0 Å². The van der Waals surface area contributed by atoms with Crippen LogP contribution >= 0.6 is 0 Å². The first kappa shape index (κ1) is 13.1. The first-order chi connectivity index (χ1) is 7.92. The lowest BCUT2D eigenvalue weighted by molar-refractivity contribution is -0.178. The fourth-order valence-corrected chi connectivity index (χ4v) is 1.09. The van der Waals surface area contributed by atoms with E-state index in [1.807, 2.05) is 0 Å². The van der Waals surface area contributed by atoms with Crippen molar-refractivity contribution in [3.63, 3.8) is 0 Å². The third-order valence-corrected chi connectivity index (χ3v) is 1.88. The molecule has 0 radical (unpaired) electrons. The van der Waals surface area contributed by atoms with Gasteiger partial charge in [0.2, 0.25) is 0 Å². The number of carbonyl (C=O) groups is 2. The van der Waals surface area contributed by atoms with Gasteiger partial charge in [0.1, 0.15) is 13.0 Å². The molecule has 0 unspecified atom stereocenters. The molecule has 92 valence electrons. The minimum Gasteiger partial charge on any atom is -0.481 e. The van der Waals surface area contributed by atoms with E-state index in [1.165, 1.54) is 0 Å². The lowest BCUT2D eigenvalue weighted by Gasteiger charge is -2.12. The molecule has 0 saturated heterocycles. The molecule has 1 aromatic rings. The normalized spacial score (nSPS) is 10.9. The Morgan fingerprint density at radius 2 is 1.82 bits per heavy atom. The molecule has 0 aliphatic heterocycles. The largest absolute Gasteiger partial charge is 0.481 e. The molecule has 6 heteroatoms. The predicted molar refractivity (Wildman–Crippen MR) is 53.4 cm³/mol. The smallest absolute Gasteiger partial charge is 0.377 e. The molecule has 0 bridgehead atoms. The highest BCUT2D eigenvalue weighted by Gasteiger charge is 2.43. The molecule has 0 heterocycles. The van der Waals surface area contributed by atoms with Crippen LogP contribution in [0.15, 0.2) is 30.3 Å². The number of benzene rings is 1. The van der Waals surface area contributed by atoms with Crippen LogP contribution in [0.1, 0.15) is 12.0 Å². The third-order valence-electron chi connectivity index (χ3n) is 1.88. The highest BCUT2D eigenvalue weighted by Crippen LogP contribution is 2.20. The number of hydrogen-bond acceptors (Lipinski definition) is 3. The van der Waals surface area contributed by atoms with Gasteiger partial charge in [-0.05, 0) is 5.56 Å². The molecule has 0 saturated carbocycles. The molecule has 0 amide bonds. The second-order valence-electron chi connectivity index (χ2n) is 3.34. The van der Waals surface area contributed by atoms with Gasteiger partial charge in [-0.1, -0.05) is 30.3 Å². The summed E-state index contributed by atoms with van der Waals surface area (Å²) >= 11 is 0. The zero-order valence-electron chi connectivity index (χ0n) is 8.73. The lowest BCUT2D eigenvalue weighted by Crippen LogP contribution is -2.33. The van der Waals surface area contributed by atoms with Gasteiger partial charge in [-0.2, -0.15) is 8.78 Å². The van der Waals surface area contributed by atoms with Crippen molar-refractivity contribution in [1.29, 1.82) is 0 Å². The summed E-state index contributed by atoms with van der Waals surface area (Å²) in [4.78, 5) is 21.0. The third kappa shape index (κ3) is 4.18. The minimum absolute atomic E-state index is 0.311. The Balaban J connectivity index is 2.52. The maximum absolute atomic E-state index is 12.9. The first-order valence-corrected chi connectivity index (χ1v) is 4.72.